The first kappa shape index (κ1) is 13.7. The van der Waals surface area contributed by atoms with Gasteiger partial charge in [-0.05, 0) is 37.1 Å². The van der Waals surface area contributed by atoms with Gasteiger partial charge >= 0.3 is 0 Å². The Balaban J connectivity index is 2.23. The van der Waals surface area contributed by atoms with Crippen LogP contribution < -0.4 is 15.2 Å². The number of likely N-dealkylation sites (tertiary alicyclic amines) is 1. The van der Waals surface area contributed by atoms with E-state index >= 15 is 0 Å². The van der Waals surface area contributed by atoms with Gasteiger partial charge in [-0.3, -0.25) is 9.69 Å². The standard InChI is InChI=1S/C14H20N2O3/c1-18-12-6-5-10(8-13(12)19-2)11-4-3-7-16(11)9-14(15)17/h5-6,8,11H,3-4,7,9H2,1-2H3,(H2,15,17)/t11-/m1/s1. The molecule has 1 aromatic carbocycles. The Morgan fingerprint density at radius 1 is 1.37 bits per heavy atom. The third-order valence-electron chi connectivity index (χ3n) is 3.51. The van der Waals surface area contributed by atoms with E-state index in [9.17, 15) is 4.79 Å². The molecule has 1 fully saturated rings. The number of nitrogens with zero attached hydrogens (tertiary/aromatic N) is 1. The molecule has 19 heavy (non-hydrogen) atoms. The monoisotopic (exact) mass is 264 g/mol. The lowest BCUT2D eigenvalue weighted by Crippen LogP contribution is -2.33. The molecule has 104 valence electrons. The summed E-state index contributed by atoms with van der Waals surface area (Å²) in [7, 11) is 3.24. The van der Waals surface area contributed by atoms with Gasteiger partial charge in [0.25, 0.3) is 0 Å². The van der Waals surface area contributed by atoms with Crippen molar-refractivity contribution >= 4 is 5.91 Å². The molecule has 0 aliphatic carbocycles. The van der Waals surface area contributed by atoms with E-state index in [0.717, 1.165) is 24.9 Å². The molecule has 0 saturated carbocycles. The molecule has 1 atom stereocenters. The summed E-state index contributed by atoms with van der Waals surface area (Å²) in [6, 6.07) is 6.12. The lowest BCUT2D eigenvalue weighted by atomic mass is 10.0. The number of hydrogen-bond acceptors (Lipinski definition) is 4. The number of carbonyl (C=O) groups is 1. The van der Waals surface area contributed by atoms with Gasteiger partial charge in [0.1, 0.15) is 0 Å². The molecule has 0 radical (unpaired) electrons. The quantitative estimate of drug-likeness (QED) is 0.871. The van der Waals surface area contributed by atoms with Gasteiger partial charge in [-0.15, -0.1) is 0 Å². The molecule has 0 bridgehead atoms. The number of amides is 1. The SMILES string of the molecule is COc1ccc([C@H]2CCCN2CC(N)=O)cc1OC. The molecule has 1 amide bonds. The average molecular weight is 264 g/mol. The number of carbonyl (C=O) groups excluding carboxylic acids is 1. The van der Waals surface area contributed by atoms with Crippen LogP contribution in [0.25, 0.3) is 0 Å². The average Bonchev–Trinajstić information content (AvgIpc) is 2.85. The zero-order chi connectivity index (χ0) is 13.8. The minimum atomic E-state index is -0.285. The van der Waals surface area contributed by atoms with E-state index in [0.29, 0.717) is 18.0 Å². The predicted octanol–water partition coefficient (Wildman–Crippen LogP) is 1.33. The normalized spacial score (nSPS) is 19.4. The summed E-state index contributed by atoms with van der Waals surface area (Å²) in [5.41, 5.74) is 6.42. The van der Waals surface area contributed by atoms with Gasteiger partial charge in [0, 0.05) is 6.04 Å². The third kappa shape index (κ3) is 2.98. The minimum Gasteiger partial charge on any atom is -0.493 e. The zero-order valence-corrected chi connectivity index (χ0v) is 11.4. The fourth-order valence-electron chi connectivity index (χ4n) is 2.65. The molecule has 0 aromatic heterocycles. The van der Waals surface area contributed by atoms with Crippen LogP contribution in [0.15, 0.2) is 18.2 Å². The smallest absolute Gasteiger partial charge is 0.231 e. The van der Waals surface area contributed by atoms with Gasteiger partial charge in [-0.25, -0.2) is 0 Å². The fraction of sp³-hybridized carbons (Fsp3) is 0.500. The molecule has 2 N–H and O–H groups in total. The topological polar surface area (TPSA) is 64.8 Å². The van der Waals surface area contributed by atoms with Crippen molar-refractivity contribution in [1.29, 1.82) is 0 Å². The Hall–Kier alpha value is -1.75. The summed E-state index contributed by atoms with van der Waals surface area (Å²) < 4.78 is 10.6. The number of rotatable bonds is 5. The van der Waals surface area contributed by atoms with E-state index in [1.165, 1.54) is 0 Å². The summed E-state index contributed by atoms with van der Waals surface area (Å²) in [5.74, 6) is 1.14. The molecule has 5 heteroatoms. The molecule has 1 aliphatic heterocycles. The molecule has 5 nitrogen and oxygen atoms in total. The number of ether oxygens (including phenoxy) is 2. The molecule has 0 spiro atoms. The first-order valence-corrected chi connectivity index (χ1v) is 6.40. The lowest BCUT2D eigenvalue weighted by Gasteiger charge is -2.24. The van der Waals surface area contributed by atoms with Crippen LogP contribution in [0.5, 0.6) is 11.5 Å². The van der Waals surface area contributed by atoms with Crippen molar-refractivity contribution in [3.05, 3.63) is 23.8 Å². The Kier molecular flexibility index (Phi) is 4.27. The summed E-state index contributed by atoms with van der Waals surface area (Å²) in [5, 5.41) is 0. The van der Waals surface area contributed by atoms with Crippen LogP contribution in [0, 0.1) is 0 Å². The molecular formula is C14H20N2O3. The van der Waals surface area contributed by atoms with Gasteiger partial charge in [0.15, 0.2) is 11.5 Å². The molecular weight excluding hydrogens is 244 g/mol. The van der Waals surface area contributed by atoms with Crippen molar-refractivity contribution in [3.63, 3.8) is 0 Å². The van der Waals surface area contributed by atoms with Crippen molar-refractivity contribution in [2.24, 2.45) is 5.73 Å². The lowest BCUT2D eigenvalue weighted by molar-refractivity contribution is -0.119. The van der Waals surface area contributed by atoms with E-state index in [1.807, 2.05) is 18.2 Å². The second-order valence-corrected chi connectivity index (χ2v) is 4.71. The Labute approximate surface area is 113 Å². The highest BCUT2D eigenvalue weighted by Crippen LogP contribution is 2.36. The summed E-state index contributed by atoms with van der Waals surface area (Å²) in [4.78, 5) is 13.2. The van der Waals surface area contributed by atoms with Crippen LogP contribution >= 0.6 is 0 Å². The second-order valence-electron chi connectivity index (χ2n) is 4.71. The maximum absolute atomic E-state index is 11.1. The van der Waals surface area contributed by atoms with Gasteiger partial charge in [-0.1, -0.05) is 6.07 Å². The van der Waals surface area contributed by atoms with Gasteiger partial charge in [0.05, 0.1) is 20.8 Å². The van der Waals surface area contributed by atoms with Gasteiger partial charge < -0.3 is 15.2 Å². The second kappa shape index (κ2) is 5.93. The molecule has 1 aromatic rings. The first-order valence-electron chi connectivity index (χ1n) is 6.40. The maximum atomic E-state index is 11.1. The van der Waals surface area contributed by atoms with Crippen LogP contribution in [0.4, 0.5) is 0 Å². The van der Waals surface area contributed by atoms with Gasteiger partial charge in [0.2, 0.25) is 5.91 Å². The van der Waals surface area contributed by atoms with E-state index in [1.54, 1.807) is 14.2 Å². The number of benzene rings is 1. The molecule has 1 heterocycles. The largest absolute Gasteiger partial charge is 0.493 e. The highest BCUT2D eigenvalue weighted by Gasteiger charge is 2.27. The summed E-state index contributed by atoms with van der Waals surface area (Å²) >= 11 is 0. The highest BCUT2D eigenvalue weighted by atomic mass is 16.5. The number of primary amides is 1. The van der Waals surface area contributed by atoms with Crippen LogP contribution in [0.2, 0.25) is 0 Å². The van der Waals surface area contributed by atoms with Crippen molar-refractivity contribution in [2.45, 2.75) is 18.9 Å². The van der Waals surface area contributed by atoms with E-state index in [-0.39, 0.29) is 11.9 Å². The molecule has 0 unspecified atom stereocenters. The molecule has 1 saturated heterocycles. The van der Waals surface area contributed by atoms with E-state index in [2.05, 4.69) is 4.90 Å². The summed E-state index contributed by atoms with van der Waals surface area (Å²) in [6.07, 6.45) is 2.11. The van der Waals surface area contributed by atoms with Crippen molar-refractivity contribution in [2.75, 3.05) is 27.3 Å². The molecule has 1 aliphatic rings. The Morgan fingerprint density at radius 2 is 2.11 bits per heavy atom. The Morgan fingerprint density at radius 3 is 2.74 bits per heavy atom. The van der Waals surface area contributed by atoms with E-state index in [4.69, 9.17) is 15.2 Å². The summed E-state index contributed by atoms with van der Waals surface area (Å²) in [6.45, 7) is 1.21. The maximum Gasteiger partial charge on any atom is 0.231 e. The van der Waals surface area contributed by atoms with Crippen LogP contribution in [-0.4, -0.2) is 38.1 Å². The van der Waals surface area contributed by atoms with Crippen LogP contribution in [0.1, 0.15) is 24.4 Å². The van der Waals surface area contributed by atoms with E-state index < -0.39 is 0 Å². The minimum absolute atomic E-state index is 0.229. The van der Waals surface area contributed by atoms with Crippen molar-refractivity contribution in [3.8, 4) is 11.5 Å². The Bertz CT molecular complexity index is 462. The fourth-order valence-corrected chi connectivity index (χ4v) is 2.65. The first-order chi connectivity index (χ1) is 9.15. The van der Waals surface area contributed by atoms with Crippen LogP contribution in [-0.2, 0) is 4.79 Å². The number of methoxy groups -OCH3 is 2. The zero-order valence-electron chi connectivity index (χ0n) is 11.4. The third-order valence-corrected chi connectivity index (χ3v) is 3.51. The molecule has 2 rings (SSSR count). The number of hydrogen-bond donors (Lipinski definition) is 1. The predicted molar refractivity (Wildman–Crippen MR) is 72.3 cm³/mol. The number of nitrogens with two attached hydrogens (primary N) is 1. The highest BCUT2D eigenvalue weighted by molar-refractivity contribution is 5.76. The van der Waals surface area contributed by atoms with Crippen molar-refractivity contribution in [1.82, 2.24) is 4.90 Å². The van der Waals surface area contributed by atoms with Crippen molar-refractivity contribution < 1.29 is 14.3 Å². The van der Waals surface area contributed by atoms with Gasteiger partial charge in [-0.2, -0.15) is 0 Å². The van der Waals surface area contributed by atoms with Crippen LogP contribution in [0.3, 0.4) is 0 Å².